The Morgan fingerprint density at radius 2 is 1.87 bits per heavy atom. The number of ether oxygens (including phenoxy) is 1. The molecule has 1 N–H and O–H groups in total. The molecule has 2 aromatic carbocycles. The van der Waals surface area contributed by atoms with E-state index in [0.29, 0.717) is 5.69 Å². The van der Waals surface area contributed by atoms with Gasteiger partial charge in [0, 0.05) is 10.2 Å². The summed E-state index contributed by atoms with van der Waals surface area (Å²) in [5, 5.41) is 2.52. The second-order valence-corrected chi connectivity index (χ2v) is 5.96. The van der Waals surface area contributed by atoms with E-state index < -0.39 is 29.4 Å². The minimum absolute atomic E-state index is 0.0736. The van der Waals surface area contributed by atoms with Crippen molar-refractivity contribution < 1.29 is 18.7 Å². The van der Waals surface area contributed by atoms with Crippen molar-refractivity contribution in [3.63, 3.8) is 0 Å². The van der Waals surface area contributed by atoms with Crippen LogP contribution in [0.15, 0.2) is 46.9 Å². The molecule has 7 heteroatoms. The average molecular weight is 401 g/mol. The molecule has 0 bridgehead atoms. The summed E-state index contributed by atoms with van der Waals surface area (Å²) in [6, 6.07) is 10.7. The van der Waals surface area contributed by atoms with E-state index in [1.165, 1.54) is 19.1 Å². The molecule has 1 atom stereocenters. The lowest BCUT2D eigenvalue weighted by Crippen LogP contribution is -2.30. The van der Waals surface area contributed by atoms with E-state index >= 15 is 0 Å². The van der Waals surface area contributed by atoms with Crippen LogP contribution >= 0.6 is 27.5 Å². The van der Waals surface area contributed by atoms with Crippen LogP contribution in [-0.4, -0.2) is 18.0 Å². The first-order valence-corrected chi connectivity index (χ1v) is 7.77. The number of rotatable bonds is 4. The van der Waals surface area contributed by atoms with Crippen molar-refractivity contribution >= 4 is 45.1 Å². The molecule has 23 heavy (non-hydrogen) atoms. The van der Waals surface area contributed by atoms with Crippen molar-refractivity contribution in [3.05, 3.63) is 63.3 Å². The summed E-state index contributed by atoms with van der Waals surface area (Å²) in [7, 11) is 0. The Bertz CT molecular complexity index is 716. The van der Waals surface area contributed by atoms with E-state index in [1.54, 1.807) is 24.3 Å². The molecule has 0 saturated carbocycles. The molecule has 0 aliphatic heterocycles. The molecule has 1 amide bonds. The second kappa shape index (κ2) is 7.57. The Kier molecular flexibility index (Phi) is 5.74. The topological polar surface area (TPSA) is 55.4 Å². The Labute approximate surface area is 145 Å². The number of halogens is 3. The first-order chi connectivity index (χ1) is 10.9. The summed E-state index contributed by atoms with van der Waals surface area (Å²) >= 11 is 9.07. The summed E-state index contributed by atoms with van der Waals surface area (Å²) in [6.07, 6.45) is -1.11. The van der Waals surface area contributed by atoms with E-state index in [0.717, 1.165) is 10.5 Å². The van der Waals surface area contributed by atoms with Gasteiger partial charge in [-0.05, 0) is 43.3 Å². The Balaban J connectivity index is 2.03. The zero-order valence-corrected chi connectivity index (χ0v) is 14.3. The van der Waals surface area contributed by atoms with Gasteiger partial charge in [-0.3, -0.25) is 4.79 Å². The number of carbonyl (C=O) groups is 2. The smallest absolute Gasteiger partial charge is 0.343 e. The van der Waals surface area contributed by atoms with Gasteiger partial charge >= 0.3 is 5.97 Å². The van der Waals surface area contributed by atoms with Gasteiger partial charge in [0.2, 0.25) is 0 Å². The third-order valence-electron chi connectivity index (χ3n) is 2.93. The van der Waals surface area contributed by atoms with Gasteiger partial charge < -0.3 is 10.1 Å². The summed E-state index contributed by atoms with van der Waals surface area (Å²) in [4.78, 5) is 24.0. The first-order valence-electron chi connectivity index (χ1n) is 6.60. The monoisotopic (exact) mass is 399 g/mol. The maximum absolute atomic E-state index is 13.6. The van der Waals surface area contributed by atoms with Gasteiger partial charge in [-0.2, -0.15) is 0 Å². The van der Waals surface area contributed by atoms with Crippen LogP contribution in [0.3, 0.4) is 0 Å². The number of anilines is 1. The first kappa shape index (κ1) is 17.4. The molecule has 0 aliphatic rings. The lowest BCUT2D eigenvalue weighted by Gasteiger charge is -2.14. The SMILES string of the molecule is C[C@H](OC(=O)c1c(F)cccc1Cl)C(=O)Nc1ccc(Br)cc1. The number of carbonyl (C=O) groups excluding carboxylic acids is 2. The van der Waals surface area contributed by atoms with Crippen molar-refractivity contribution in [2.45, 2.75) is 13.0 Å². The van der Waals surface area contributed by atoms with Gasteiger partial charge in [0.1, 0.15) is 11.4 Å². The highest BCUT2D eigenvalue weighted by Gasteiger charge is 2.23. The Morgan fingerprint density at radius 1 is 1.22 bits per heavy atom. The van der Waals surface area contributed by atoms with Crippen LogP contribution in [0.5, 0.6) is 0 Å². The van der Waals surface area contributed by atoms with E-state index in [9.17, 15) is 14.0 Å². The number of esters is 1. The van der Waals surface area contributed by atoms with Gasteiger partial charge in [0.25, 0.3) is 5.91 Å². The van der Waals surface area contributed by atoms with E-state index in [2.05, 4.69) is 21.2 Å². The lowest BCUT2D eigenvalue weighted by molar-refractivity contribution is -0.123. The summed E-state index contributed by atoms with van der Waals surface area (Å²) in [5.74, 6) is -2.33. The predicted molar refractivity (Wildman–Crippen MR) is 89.1 cm³/mol. The number of amides is 1. The van der Waals surface area contributed by atoms with E-state index in [-0.39, 0.29) is 5.02 Å². The van der Waals surface area contributed by atoms with Crippen molar-refractivity contribution in [2.75, 3.05) is 5.32 Å². The number of nitrogens with one attached hydrogen (secondary N) is 1. The fraction of sp³-hybridized carbons (Fsp3) is 0.125. The molecule has 0 spiro atoms. The number of hydrogen-bond acceptors (Lipinski definition) is 3. The van der Waals surface area contributed by atoms with Crippen molar-refractivity contribution in [2.24, 2.45) is 0 Å². The van der Waals surface area contributed by atoms with Gasteiger partial charge in [-0.1, -0.05) is 33.6 Å². The molecule has 0 fully saturated rings. The quantitative estimate of drug-likeness (QED) is 0.773. The zero-order chi connectivity index (χ0) is 17.0. The second-order valence-electron chi connectivity index (χ2n) is 4.64. The maximum atomic E-state index is 13.6. The predicted octanol–water partition coefficient (Wildman–Crippen LogP) is 4.43. The zero-order valence-electron chi connectivity index (χ0n) is 12.0. The fourth-order valence-electron chi connectivity index (χ4n) is 1.74. The van der Waals surface area contributed by atoms with Crippen LogP contribution in [0.1, 0.15) is 17.3 Å². The molecule has 0 heterocycles. The molecule has 0 saturated heterocycles. The van der Waals surface area contributed by atoms with Crippen molar-refractivity contribution in [1.82, 2.24) is 0 Å². The highest BCUT2D eigenvalue weighted by molar-refractivity contribution is 9.10. The lowest BCUT2D eigenvalue weighted by atomic mass is 10.2. The van der Waals surface area contributed by atoms with E-state index in [1.807, 2.05) is 0 Å². The standard InChI is InChI=1S/C16H12BrClFNO3/c1-9(15(21)20-11-7-5-10(17)6-8-11)23-16(22)14-12(18)3-2-4-13(14)19/h2-9H,1H3,(H,20,21)/t9-/m0/s1. The molecule has 120 valence electrons. The summed E-state index contributed by atoms with van der Waals surface area (Å²) in [5.41, 5.74) is 0.155. The van der Waals surface area contributed by atoms with E-state index in [4.69, 9.17) is 16.3 Å². The van der Waals surface area contributed by atoms with Crippen LogP contribution in [0.25, 0.3) is 0 Å². The molecule has 2 aromatic rings. The van der Waals surface area contributed by atoms with Crippen LogP contribution < -0.4 is 5.32 Å². The molecular formula is C16H12BrClFNO3. The third kappa shape index (κ3) is 4.53. The Hall–Kier alpha value is -1.92. The van der Waals surface area contributed by atoms with Crippen LogP contribution in [0.2, 0.25) is 5.02 Å². The average Bonchev–Trinajstić information content (AvgIpc) is 2.49. The highest BCUT2D eigenvalue weighted by atomic mass is 79.9. The number of benzene rings is 2. The highest BCUT2D eigenvalue weighted by Crippen LogP contribution is 2.21. The molecule has 0 aromatic heterocycles. The van der Waals surface area contributed by atoms with Crippen LogP contribution in [-0.2, 0) is 9.53 Å². The van der Waals surface area contributed by atoms with Crippen molar-refractivity contribution in [1.29, 1.82) is 0 Å². The van der Waals surface area contributed by atoms with Gasteiger partial charge in [-0.25, -0.2) is 9.18 Å². The molecule has 0 aliphatic carbocycles. The fourth-order valence-corrected chi connectivity index (χ4v) is 2.25. The molecule has 0 radical (unpaired) electrons. The van der Waals surface area contributed by atoms with Gasteiger partial charge in [0.05, 0.1) is 5.02 Å². The molecule has 4 nitrogen and oxygen atoms in total. The molecule has 2 rings (SSSR count). The van der Waals surface area contributed by atoms with Gasteiger partial charge in [-0.15, -0.1) is 0 Å². The van der Waals surface area contributed by atoms with Crippen molar-refractivity contribution in [3.8, 4) is 0 Å². The van der Waals surface area contributed by atoms with Crippen LogP contribution in [0.4, 0.5) is 10.1 Å². The molecule has 0 unspecified atom stereocenters. The number of hydrogen-bond donors (Lipinski definition) is 1. The maximum Gasteiger partial charge on any atom is 0.343 e. The third-order valence-corrected chi connectivity index (χ3v) is 3.78. The normalized spacial score (nSPS) is 11.7. The Morgan fingerprint density at radius 3 is 2.48 bits per heavy atom. The van der Waals surface area contributed by atoms with Crippen LogP contribution in [0, 0.1) is 5.82 Å². The minimum Gasteiger partial charge on any atom is -0.449 e. The molecular weight excluding hydrogens is 389 g/mol. The minimum atomic E-state index is -1.11. The largest absolute Gasteiger partial charge is 0.449 e. The van der Waals surface area contributed by atoms with Gasteiger partial charge in [0.15, 0.2) is 6.10 Å². The summed E-state index contributed by atoms with van der Waals surface area (Å²) < 4.78 is 19.5. The summed E-state index contributed by atoms with van der Waals surface area (Å²) in [6.45, 7) is 1.39.